The molecule has 0 saturated carbocycles. The second-order valence-electron chi connectivity index (χ2n) is 0.791. The summed E-state index contributed by atoms with van der Waals surface area (Å²) in [5.74, 6) is 0. The average Bonchev–Trinajstić information content (AvgIpc) is 1.65. The van der Waals surface area contributed by atoms with E-state index in [1.54, 1.807) is 6.08 Å². The Morgan fingerprint density at radius 1 is 1.83 bits per heavy atom. The first kappa shape index (κ1) is 6.14. The lowest BCUT2D eigenvalue weighted by molar-refractivity contribution is -0.104. The second kappa shape index (κ2) is 3.33. The fraction of sp³-hybridized carbons (Fsp3) is 0.250. The molecule has 0 aromatic heterocycles. The normalized spacial score (nSPS) is 11.3. The van der Waals surface area contributed by atoms with Crippen molar-refractivity contribution in [2.75, 3.05) is 0 Å². The van der Waals surface area contributed by atoms with Crippen LogP contribution in [0.4, 0.5) is 0 Å². The number of halogens is 1. The molecule has 0 radical (unpaired) electrons. The topological polar surface area (TPSA) is 17.1 Å². The molecule has 1 nitrogen and oxygen atoms in total. The van der Waals surface area contributed by atoms with Crippen molar-refractivity contribution < 1.29 is 4.79 Å². The van der Waals surface area contributed by atoms with Crippen LogP contribution in [-0.4, -0.2) is 6.29 Å². The van der Waals surface area contributed by atoms with Gasteiger partial charge in [-0.3, -0.25) is 4.79 Å². The Labute approximate surface area is 50.6 Å². The van der Waals surface area contributed by atoms with Crippen LogP contribution in [0.25, 0.3) is 0 Å². The third-order valence-corrected chi connectivity index (χ3v) is 1.27. The number of carbonyl (C=O) groups excluding carboxylic acids is 1. The Morgan fingerprint density at radius 2 is 2.33 bits per heavy atom. The number of hydrogen-bond donors (Lipinski definition) is 0. The molecule has 0 rings (SSSR count). The zero-order chi connectivity index (χ0) is 4.99. The molecule has 2 heteroatoms. The summed E-state index contributed by atoms with van der Waals surface area (Å²) < 4.78 is 0.757. The van der Waals surface area contributed by atoms with E-state index in [1.165, 1.54) is 0 Å². The van der Waals surface area contributed by atoms with Crippen molar-refractivity contribution in [3.05, 3.63) is 9.66 Å². The summed E-state index contributed by atoms with van der Waals surface area (Å²) in [4.78, 5) is 9.66. The fourth-order valence-corrected chi connectivity index (χ4v) is 0.0680. The van der Waals surface area contributed by atoms with E-state index in [2.05, 4.69) is 0 Å². The van der Waals surface area contributed by atoms with Gasteiger partial charge in [0.2, 0.25) is 0 Å². The molecule has 0 aromatic carbocycles. The van der Waals surface area contributed by atoms with Crippen LogP contribution in [0, 0.1) is 0 Å². The van der Waals surface area contributed by atoms with E-state index in [-0.39, 0.29) is 0 Å². The maximum Gasteiger partial charge on any atom is 0.155 e. The summed E-state index contributed by atoms with van der Waals surface area (Å²) in [6, 6.07) is 0. The van der Waals surface area contributed by atoms with Crippen LogP contribution in [0.5, 0.6) is 0 Å². The minimum atomic E-state index is 0.757. The molecule has 0 bridgehead atoms. The fourth-order valence-electron chi connectivity index (χ4n) is 0.0680. The molecule has 6 heavy (non-hydrogen) atoms. The average molecular weight is 196 g/mol. The summed E-state index contributed by atoms with van der Waals surface area (Å²) in [6.45, 7) is 1.83. The van der Waals surface area contributed by atoms with Crippen LogP contribution in [0.3, 0.4) is 0 Å². The lowest BCUT2D eigenvalue weighted by Gasteiger charge is -1.70. The Hall–Kier alpha value is 0.140. The van der Waals surface area contributed by atoms with Gasteiger partial charge in [-0.05, 0) is 29.5 Å². The lowest BCUT2D eigenvalue weighted by atomic mass is 10.6. The van der Waals surface area contributed by atoms with Crippen molar-refractivity contribution in [1.82, 2.24) is 0 Å². The molecule has 0 aliphatic rings. The van der Waals surface area contributed by atoms with Gasteiger partial charge in [-0.25, -0.2) is 0 Å². The largest absolute Gasteiger partial charge is 0.297 e. The minimum Gasteiger partial charge on any atom is -0.297 e. The molecule has 0 atom stereocenters. The minimum absolute atomic E-state index is 0.757. The SMILES string of the molecule is C/C=C(\I)C=O. The predicted molar refractivity (Wildman–Crippen MR) is 33.8 cm³/mol. The number of hydrogen-bond acceptors (Lipinski definition) is 1. The van der Waals surface area contributed by atoms with Gasteiger partial charge in [0.25, 0.3) is 0 Å². The molecular weight excluding hydrogens is 191 g/mol. The van der Waals surface area contributed by atoms with Crippen molar-refractivity contribution in [3.63, 3.8) is 0 Å². The standard InChI is InChI=1S/C4H5IO/c1-2-4(5)3-6/h2-3H,1H3/b4-2-. The second-order valence-corrected chi connectivity index (χ2v) is 2.04. The van der Waals surface area contributed by atoms with Crippen LogP contribution < -0.4 is 0 Å². The van der Waals surface area contributed by atoms with Crippen LogP contribution in [0.1, 0.15) is 6.92 Å². The molecule has 0 fully saturated rings. The maximum absolute atomic E-state index is 9.66. The molecule has 0 heterocycles. The molecule has 0 aliphatic carbocycles. The van der Waals surface area contributed by atoms with Crippen LogP contribution >= 0.6 is 22.6 Å². The molecule has 0 unspecified atom stereocenters. The molecule has 0 amide bonds. The summed E-state index contributed by atoms with van der Waals surface area (Å²) in [5, 5.41) is 0. The van der Waals surface area contributed by atoms with Crippen molar-refractivity contribution in [1.29, 1.82) is 0 Å². The number of aldehydes is 1. The monoisotopic (exact) mass is 196 g/mol. The number of carbonyl (C=O) groups is 1. The van der Waals surface area contributed by atoms with Gasteiger partial charge < -0.3 is 0 Å². The molecule has 0 N–H and O–H groups in total. The van der Waals surface area contributed by atoms with Crippen LogP contribution in [0.15, 0.2) is 9.66 Å². The van der Waals surface area contributed by atoms with Crippen molar-refractivity contribution in [3.8, 4) is 0 Å². The summed E-state index contributed by atoms with van der Waals surface area (Å²) in [5.41, 5.74) is 0. The van der Waals surface area contributed by atoms with E-state index in [1.807, 2.05) is 29.5 Å². The van der Waals surface area contributed by atoms with Gasteiger partial charge in [0.05, 0.1) is 0 Å². The molecule has 34 valence electrons. The lowest BCUT2D eigenvalue weighted by Crippen LogP contribution is -1.63. The highest BCUT2D eigenvalue weighted by molar-refractivity contribution is 14.1. The highest BCUT2D eigenvalue weighted by Crippen LogP contribution is 1.97. The molecule has 0 aromatic rings. The Balaban J connectivity index is 3.50. The van der Waals surface area contributed by atoms with E-state index in [0.717, 1.165) is 9.87 Å². The van der Waals surface area contributed by atoms with Crippen molar-refractivity contribution in [2.45, 2.75) is 6.92 Å². The quantitative estimate of drug-likeness (QED) is 0.353. The first-order chi connectivity index (χ1) is 2.81. The number of rotatable bonds is 1. The van der Waals surface area contributed by atoms with E-state index in [9.17, 15) is 4.79 Å². The van der Waals surface area contributed by atoms with Crippen molar-refractivity contribution in [2.24, 2.45) is 0 Å². The zero-order valence-corrected chi connectivity index (χ0v) is 5.60. The van der Waals surface area contributed by atoms with E-state index >= 15 is 0 Å². The third-order valence-electron chi connectivity index (χ3n) is 0.388. The Kier molecular flexibility index (Phi) is 3.41. The summed E-state index contributed by atoms with van der Waals surface area (Å²) >= 11 is 1.96. The van der Waals surface area contributed by atoms with Gasteiger partial charge >= 0.3 is 0 Å². The summed E-state index contributed by atoms with van der Waals surface area (Å²) in [6.07, 6.45) is 2.58. The van der Waals surface area contributed by atoms with Crippen LogP contribution in [-0.2, 0) is 4.79 Å². The summed E-state index contributed by atoms with van der Waals surface area (Å²) in [7, 11) is 0. The zero-order valence-electron chi connectivity index (χ0n) is 3.44. The smallest absolute Gasteiger partial charge is 0.155 e. The maximum atomic E-state index is 9.66. The highest BCUT2D eigenvalue weighted by atomic mass is 127. The van der Waals surface area contributed by atoms with Crippen LogP contribution in [0.2, 0.25) is 0 Å². The molecule has 0 aliphatic heterocycles. The Morgan fingerprint density at radius 3 is 2.33 bits per heavy atom. The first-order valence-corrected chi connectivity index (χ1v) is 2.66. The molecule has 0 spiro atoms. The third kappa shape index (κ3) is 2.38. The predicted octanol–water partition coefficient (Wildman–Crippen LogP) is 1.52. The van der Waals surface area contributed by atoms with Gasteiger partial charge in [-0.15, -0.1) is 0 Å². The Bertz CT molecular complexity index is 75.6. The first-order valence-electron chi connectivity index (χ1n) is 1.58. The van der Waals surface area contributed by atoms with Gasteiger partial charge in [0, 0.05) is 3.58 Å². The highest BCUT2D eigenvalue weighted by Gasteiger charge is 1.75. The van der Waals surface area contributed by atoms with Gasteiger partial charge in [-0.2, -0.15) is 0 Å². The van der Waals surface area contributed by atoms with E-state index < -0.39 is 0 Å². The van der Waals surface area contributed by atoms with Gasteiger partial charge in [-0.1, -0.05) is 6.08 Å². The van der Waals surface area contributed by atoms with E-state index in [4.69, 9.17) is 0 Å². The molecular formula is C4H5IO. The molecule has 0 saturated heterocycles. The van der Waals surface area contributed by atoms with Gasteiger partial charge in [0.15, 0.2) is 6.29 Å². The van der Waals surface area contributed by atoms with Gasteiger partial charge in [0.1, 0.15) is 0 Å². The van der Waals surface area contributed by atoms with Crippen molar-refractivity contribution >= 4 is 28.9 Å². The number of allylic oxidation sites excluding steroid dienone is 2. The van der Waals surface area contributed by atoms with E-state index in [0.29, 0.717) is 0 Å².